The van der Waals surface area contributed by atoms with Gasteiger partial charge in [0, 0.05) is 28.8 Å². The molecule has 2 aromatic carbocycles. The fourth-order valence-corrected chi connectivity index (χ4v) is 4.96. The summed E-state index contributed by atoms with van der Waals surface area (Å²) in [5.41, 5.74) is 3.22. The van der Waals surface area contributed by atoms with Crippen LogP contribution < -0.4 is 5.43 Å². The molecule has 1 unspecified atom stereocenters. The second-order valence-corrected chi connectivity index (χ2v) is 9.09. The summed E-state index contributed by atoms with van der Waals surface area (Å²) < 4.78 is 26.9. The second kappa shape index (κ2) is 8.90. The number of hydrogen-bond acceptors (Lipinski definition) is 6. The van der Waals surface area contributed by atoms with E-state index in [1.165, 1.54) is 36.5 Å². The van der Waals surface area contributed by atoms with E-state index in [-0.39, 0.29) is 17.1 Å². The first-order chi connectivity index (χ1) is 14.2. The number of aryl methyl sites for hydroxylation is 1. The highest BCUT2D eigenvalue weighted by molar-refractivity contribution is 7.89. The molecule has 1 aliphatic heterocycles. The first-order valence-corrected chi connectivity index (χ1v) is 10.9. The highest BCUT2D eigenvalue weighted by Crippen LogP contribution is 2.27. The Bertz CT molecular complexity index is 1100. The second-order valence-electron chi connectivity index (χ2n) is 6.76. The zero-order valence-corrected chi connectivity index (χ0v) is 17.6. The molecule has 9 nitrogen and oxygen atoms in total. The van der Waals surface area contributed by atoms with Gasteiger partial charge < -0.3 is 0 Å². The van der Waals surface area contributed by atoms with Crippen molar-refractivity contribution < 1.29 is 18.1 Å². The van der Waals surface area contributed by atoms with E-state index < -0.39 is 26.9 Å². The predicted molar refractivity (Wildman–Crippen MR) is 112 cm³/mol. The highest BCUT2D eigenvalue weighted by Gasteiger charge is 2.39. The van der Waals surface area contributed by atoms with Crippen LogP contribution in [0.3, 0.4) is 0 Å². The first kappa shape index (κ1) is 21.9. The molecule has 1 amide bonds. The maximum absolute atomic E-state index is 12.9. The minimum absolute atomic E-state index is 0.0543. The van der Waals surface area contributed by atoms with E-state index in [0.29, 0.717) is 29.0 Å². The average molecular weight is 451 g/mol. The molecule has 1 N–H and O–H groups in total. The zero-order chi connectivity index (χ0) is 21.9. The molecular weight excluding hydrogens is 432 g/mol. The van der Waals surface area contributed by atoms with Crippen LogP contribution in [0.5, 0.6) is 0 Å². The van der Waals surface area contributed by atoms with E-state index in [0.717, 1.165) is 4.31 Å². The van der Waals surface area contributed by atoms with Gasteiger partial charge in [0.2, 0.25) is 10.0 Å². The van der Waals surface area contributed by atoms with Crippen molar-refractivity contribution >= 4 is 39.4 Å². The van der Waals surface area contributed by atoms with E-state index in [1.807, 2.05) is 0 Å². The van der Waals surface area contributed by atoms with Gasteiger partial charge >= 0.3 is 0 Å². The minimum atomic E-state index is -3.86. The summed E-state index contributed by atoms with van der Waals surface area (Å²) in [6.45, 7) is 1.84. The molecule has 0 aromatic heterocycles. The lowest BCUT2D eigenvalue weighted by Gasteiger charge is -2.22. The molecule has 30 heavy (non-hydrogen) atoms. The fourth-order valence-electron chi connectivity index (χ4n) is 3.18. The van der Waals surface area contributed by atoms with Gasteiger partial charge in [-0.25, -0.2) is 13.8 Å². The number of hydrogen-bond donors (Lipinski definition) is 1. The van der Waals surface area contributed by atoms with E-state index in [9.17, 15) is 23.3 Å². The lowest BCUT2D eigenvalue weighted by molar-refractivity contribution is -0.385. The number of nitrogens with zero attached hydrogens (tertiary/aromatic N) is 3. The Morgan fingerprint density at radius 3 is 2.67 bits per heavy atom. The number of nitro benzene ring substituents is 1. The summed E-state index contributed by atoms with van der Waals surface area (Å²) in [5.74, 6) is -0.567. The van der Waals surface area contributed by atoms with Crippen LogP contribution in [0.4, 0.5) is 5.69 Å². The monoisotopic (exact) mass is 450 g/mol. The van der Waals surface area contributed by atoms with Gasteiger partial charge in [-0.1, -0.05) is 23.7 Å². The molecular formula is C19H19ClN4O5S. The van der Waals surface area contributed by atoms with Crippen LogP contribution in [-0.2, 0) is 14.8 Å². The van der Waals surface area contributed by atoms with Crippen LogP contribution in [0.1, 0.15) is 24.0 Å². The Kier molecular flexibility index (Phi) is 6.49. The largest absolute Gasteiger partial charge is 0.272 e. The fraction of sp³-hybridized carbons (Fsp3) is 0.263. The molecule has 1 fully saturated rings. The molecule has 0 saturated carbocycles. The topological polar surface area (TPSA) is 122 Å². The summed E-state index contributed by atoms with van der Waals surface area (Å²) in [7, 11) is -3.86. The minimum Gasteiger partial charge on any atom is -0.271 e. The Morgan fingerprint density at radius 2 is 2.00 bits per heavy atom. The number of carbonyl (C=O) groups is 1. The van der Waals surface area contributed by atoms with E-state index in [2.05, 4.69) is 10.5 Å². The molecule has 0 aliphatic carbocycles. The summed E-state index contributed by atoms with van der Waals surface area (Å²) in [5, 5.41) is 15.3. The smallest absolute Gasteiger partial charge is 0.271 e. The van der Waals surface area contributed by atoms with Crippen molar-refractivity contribution in [3.05, 3.63) is 68.7 Å². The van der Waals surface area contributed by atoms with Crippen molar-refractivity contribution in [1.29, 1.82) is 0 Å². The number of halogens is 1. The average Bonchev–Trinajstić information content (AvgIpc) is 3.20. The van der Waals surface area contributed by atoms with E-state index >= 15 is 0 Å². The van der Waals surface area contributed by atoms with Gasteiger partial charge in [0.15, 0.2) is 0 Å². The van der Waals surface area contributed by atoms with Crippen LogP contribution in [-0.4, -0.2) is 42.4 Å². The maximum atomic E-state index is 12.9. The van der Waals surface area contributed by atoms with Crippen LogP contribution >= 0.6 is 11.6 Å². The number of carbonyl (C=O) groups excluding carboxylic acids is 1. The molecule has 0 radical (unpaired) electrons. The van der Waals surface area contributed by atoms with Gasteiger partial charge in [-0.15, -0.1) is 0 Å². The summed E-state index contributed by atoms with van der Waals surface area (Å²) in [6.07, 6.45) is 2.18. The molecule has 3 rings (SSSR count). The highest BCUT2D eigenvalue weighted by atomic mass is 35.5. The lowest BCUT2D eigenvalue weighted by Crippen LogP contribution is -2.44. The lowest BCUT2D eigenvalue weighted by atomic mass is 10.1. The first-order valence-electron chi connectivity index (χ1n) is 9.05. The Balaban J connectivity index is 1.72. The molecule has 0 spiro atoms. The number of rotatable bonds is 6. The maximum Gasteiger partial charge on any atom is 0.272 e. The van der Waals surface area contributed by atoms with Gasteiger partial charge in [0.1, 0.15) is 6.04 Å². The van der Waals surface area contributed by atoms with Gasteiger partial charge in [0.05, 0.1) is 16.0 Å². The number of hydrazone groups is 1. The van der Waals surface area contributed by atoms with Gasteiger partial charge in [-0.3, -0.25) is 14.9 Å². The number of sulfonamides is 1. The van der Waals surface area contributed by atoms with Crippen molar-refractivity contribution in [2.45, 2.75) is 30.7 Å². The molecule has 1 heterocycles. The zero-order valence-electron chi connectivity index (χ0n) is 16.0. The van der Waals surface area contributed by atoms with Crippen LogP contribution in [0, 0.1) is 17.0 Å². The number of benzene rings is 2. The quantitative estimate of drug-likeness (QED) is 0.412. The molecule has 2 aromatic rings. The molecule has 158 valence electrons. The molecule has 1 saturated heterocycles. The summed E-state index contributed by atoms with van der Waals surface area (Å²) in [6, 6.07) is 9.41. The van der Waals surface area contributed by atoms with E-state index in [1.54, 1.807) is 19.1 Å². The van der Waals surface area contributed by atoms with Gasteiger partial charge in [-0.05, 0) is 44.0 Å². The molecule has 11 heteroatoms. The molecule has 1 atom stereocenters. The van der Waals surface area contributed by atoms with Crippen molar-refractivity contribution in [2.24, 2.45) is 5.10 Å². The van der Waals surface area contributed by atoms with Crippen molar-refractivity contribution in [3.63, 3.8) is 0 Å². The van der Waals surface area contributed by atoms with E-state index in [4.69, 9.17) is 11.6 Å². The van der Waals surface area contributed by atoms with Crippen LogP contribution in [0.2, 0.25) is 5.02 Å². The summed E-state index contributed by atoms with van der Waals surface area (Å²) in [4.78, 5) is 23.1. The third kappa shape index (κ3) is 4.66. The summed E-state index contributed by atoms with van der Waals surface area (Å²) >= 11 is 5.82. The third-order valence-corrected chi connectivity index (χ3v) is 6.92. The predicted octanol–water partition coefficient (Wildman–Crippen LogP) is 2.86. The number of nitrogens with one attached hydrogen (secondary N) is 1. The Hall–Kier alpha value is -2.82. The molecule has 1 aliphatic rings. The van der Waals surface area contributed by atoms with Crippen LogP contribution in [0.25, 0.3) is 0 Å². The van der Waals surface area contributed by atoms with Crippen LogP contribution in [0.15, 0.2) is 52.5 Å². The Labute approximate surface area is 178 Å². The normalized spacial score (nSPS) is 17.3. The molecule has 0 bridgehead atoms. The van der Waals surface area contributed by atoms with Crippen molar-refractivity contribution in [1.82, 2.24) is 9.73 Å². The number of nitro groups is 1. The number of amides is 1. The standard InChI is InChI=1S/C19H19ClN4O5S/c1-13-4-5-14(11-18(13)24(26)27)12-21-22-19(25)17-3-2-10-23(17)30(28,29)16-8-6-15(20)7-9-16/h4-9,11-12,17H,2-3,10H2,1H3,(H,22,25). The van der Waals surface area contributed by atoms with Crippen molar-refractivity contribution in [2.75, 3.05) is 6.54 Å². The van der Waals surface area contributed by atoms with Gasteiger partial charge in [-0.2, -0.15) is 9.41 Å². The third-order valence-electron chi connectivity index (χ3n) is 4.74. The van der Waals surface area contributed by atoms with Gasteiger partial charge in [0.25, 0.3) is 11.6 Å². The Morgan fingerprint density at radius 1 is 1.30 bits per heavy atom. The SMILES string of the molecule is Cc1ccc(C=NNC(=O)C2CCCN2S(=O)(=O)c2ccc(Cl)cc2)cc1[N+](=O)[O-]. The van der Waals surface area contributed by atoms with Crippen molar-refractivity contribution in [3.8, 4) is 0 Å².